The molecule has 1 aromatic rings. The molecule has 0 fully saturated rings. The Hall–Kier alpha value is -0.210. The summed E-state index contributed by atoms with van der Waals surface area (Å²) in [5.41, 5.74) is 1.46. The minimum atomic E-state index is 0.645. The maximum Gasteiger partial charge on any atom is 0.0488 e. The minimum Gasteiger partial charge on any atom is -0.152 e. The van der Waals surface area contributed by atoms with Crippen LogP contribution in [0.5, 0.6) is 0 Å². The van der Waals surface area contributed by atoms with E-state index in [9.17, 15) is 0 Å². The van der Waals surface area contributed by atoms with Crippen LogP contribution in [-0.2, 0) is 0 Å². The van der Waals surface area contributed by atoms with Crippen molar-refractivity contribution in [3.05, 3.63) is 34.5 Å². The zero-order chi connectivity index (χ0) is 6.81. The van der Waals surface area contributed by atoms with Crippen molar-refractivity contribution in [2.24, 2.45) is 0 Å². The highest BCUT2D eigenvalue weighted by Gasteiger charge is 2.11. The third-order valence-electron chi connectivity index (χ3n) is 1.55. The highest BCUT2D eigenvalue weighted by atomic mass is 32.2. The molecule has 0 saturated heterocycles. The van der Waals surface area contributed by atoms with E-state index in [1.807, 2.05) is 11.8 Å². The maximum absolute atomic E-state index is 2.28. The molecule has 1 aliphatic rings. The molecule has 0 amide bonds. The van der Waals surface area contributed by atoms with E-state index in [1.54, 1.807) is 11.3 Å². The van der Waals surface area contributed by atoms with Gasteiger partial charge in [-0.3, -0.25) is 0 Å². The normalized spacial score (nSPS) is 23.8. The Morgan fingerprint density at radius 3 is 3.10 bits per heavy atom. The van der Waals surface area contributed by atoms with Gasteiger partial charge in [0.15, 0.2) is 0 Å². The second-order valence-electron chi connectivity index (χ2n) is 2.24. The van der Waals surface area contributed by atoms with Crippen LogP contribution in [-0.4, -0.2) is 5.75 Å². The van der Waals surface area contributed by atoms with Crippen LogP contribution < -0.4 is 0 Å². The Labute approximate surface area is 69.0 Å². The van der Waals surface area contributed by atoms with Crippen molar-refractivity contribution in [2.45, 2.75) is 5.25 Å². The lowest BCUT2D eigenvalue weighted by atomic mass is 10.2. The van der Waals surface area contributed by atoms with Gasteiger partial charge in [-0.2, -0.15) is 11.3 Å². The molecule has 0 radical (unpaired) electrons. The summed E-state index contributed by atoms with van der Waals surface area (Å²) in [5, 5.41) is 5.02. The summed E-state index contributed by atoms with van der Waals surface area (Å²) in [6.07, 6.45) is 4.53. The summed E-state index contributed by atoms with van der Waals surface area (Å²) in [7, 11) is 0. The van der Waals surface area contributed by atoms with Gasteiger partial charge in [-0.1, -0.05) is 12.2 Å². The van der Waals surface area contributed by atoms with E-state index in [-0.39, 0.29) is 0 Å². The van der Waals surface area contributed by atoms with Crippen molar-refractivity contribution in [1.82, 2.24) is 0 Å². The van der Waals surface area contributed by atoms with Crippen LogP contribution >= 0.6 is 23.1 Å². The van der Waals surface area contributed by atoms with Gasteiger partial charge in [-0.25, -0.2) is 0 Å². The number of rotatable bonds is 1. The summed E-state index contributed by atoms with van der Waals surface area (Å²) in [6, 6.07) is 2.21. The van der Waals surface area contributed by atoms with E-state index in [4.69, 9.17) is 0 Å². The molecule has 2 heteroatoms. The Bertz CT molecular complexity index is 223. The van der Waals surface area contributed by atoms with Crippen molar-refractivity contribution in [2.75, 3.05) is 5.75 Å². The monoisotopic (exact) mass is 168 g/mol. The fraction of sp³-hybridized carbons (Fsp3) is 0.250. The van der Waals surface area contributed by atoms with Gasteiger partial charge < -0.3 is 0 Å². The highest BCUT2D eigenvalue weighted by Crippen LogP contribution is 2.35. The fourth-order valence-corrected chi connectivity index (χ4v) is 2.81. The number of thiophene rings is 1. The molecule has 0 nitrogen and oxygen atoms in total. The van der Waals surface area contributed by atoms with Crippen molar-refractivity contribution in [3.63, 3.8) is 0 Å². The fourth-order valence-electron chi connectivity index (χ4n) is 1.04. The second kappa shape index (κ2) is 2.81. The molecular formula is C8H8S2. The third-order valence-corrected chi connectivity index (χ3v) is 3.43. The van der Waals surface area contributed by atoms with Crippen molar-refractivity contribution in [3.8, 4) is 0 Å². The Balaban J connectivity index is 2.20. The summed E-state index contributed by atoms with van der Waals surface area (Å²) in [4.78, 5) is 0. The molecule has 1 aromatic heterocycles. The topological polar surface area (TPSA) is 0 Å². The van der Waals surface area contributed by atoms with E-state index in [0.29, 0.717) is 5.25 Å². The van der Waals surface area contributed by atoms with Gasteiger partial charge in [0.05, 0.1) is 0 Å². The SMILES string of the molecule is C1=CC(c2ccsc2)SC1. The molecule has 0 saturated carbocycles. The molecule has 0 spiro atoms. The molecule has 52 valence electrons. The quantitative estimate of drug-likeness (QED) is 0.581. The lowest BCUT2D eigenvalue weighted by Gasteiger charge is -2.01. The standard InChI is InChI=1S/C8H8S2/c1-2-8(10-4-1)7-3-5-9-6-7/h1-3,5-6,8H,4H2. The van der Waals surface area contributed by atoms with Crippen LogP contribution in [0.4, 0.5) is 0 Å². The summed E-state index contributed by atoms with van der Waals surface area (Å²) in [6.45, 7) is 0. The van der Waals surface area contributed by atoms with Gasteiger partial charge in [0.25, 0.3) is 0 Å². The average Bonchev–Trinajstić information content (AvgIpc) is 2.59. The molecule has 1 atom stereocenters. The molecule has 0 aliphatic carbocycles. The van der Waals surface area contributed by atoms with E-state index in [1.165, 1.54) is 11.3 Å². The predicted octanol–water partition coefficient (Wildman–Crippen LogP) is 3.09. The molecule has 2 heterocycles. The first-order valence-electron chi connectivity index (χ1n) is 3.27. The predicted molar refractivity (Wildman–Crippen MR) is 48.7 cm³/mol. The first-order chi connectivity index (χ1) is 4.97. The first kappa shape index (κ1) is 6.50. The first-order valence-corrected chi connectivity index (χ1v) is 5.26. The smallest absolute Gasteiger partial charge is 0.0488 e. The number of thioether (sulfide) groups is 1. The van der Waals surface area contributed by atoms with Crippen molar-refractivity contribution >= 4 is 23.1 Å². The van der Waals surface area contributed by atoms with Gasteiger partial charge in [0.1, 0.15) is 0 Å². The Morgan fingerprint density at radius 1 is 1.50 bits per heavy atom. The van der Waals surface area contributed by atoms with Crippen LogP contribution in [0.1, 0.15) is 10.8 Å². The highest BCUT2D eigenvalue weighted by molar-refractivity contribution is 8.00. The van der Waals surface area contributed by atoms with Crippen LogP contribution in [0.3, 0.4) is 0 Å². The second-order valence-corrected chi connectivity index (χ2v) is 4.19. The van der Waals surface area contributed by atoms with Gasteiger partial charge in [-0.15, -0.1) is 11.8 Å². The molecule has 0 bridgehead atoms. The summed E-state index contributed by atoms with van der Waals surface area (Å²) in [5.74, 6) is 1.18. The number of hydrogen-bond acceptors (Lipinski definition) is 2. The van der Waals surface area contributed by atoms with Crippen LogP contribution in [0, 0.1) is 0 Å². The molecule has 0 aromatic carbocycles. The van der Waals surface area contributed by atoms with E-state index in [2.05, 4.69) is 29.0 Å². The molecule has 1 unspecified atom stereocenters. The van der Waals surface area contributed by atoms with Crippen LogP contribution in [0.2, 0.25) is 0 Å². The van der Waals surface area contributed by atoms with Crippen LogP contribution in [0.15, 0.2) is 29.0 Å². The van der Waals surface area contributed by atoms with Crippen LogP contribution in [0.25, 0.3) is 0 Å². The zero-order valence-corrected chi connectivity index (χ0v) is 7.12. The molecule has 10 heavy (non-hydrogen) atoms. The lowest BCUT2D eigenvalue weighted by molar-refractivity contribution is 1.27. The van der Waals surface area contributed by atoms with Gasteiger partial charge >= 0.3 is 0 Å². The Kier molecular flexibility index (Phi) is 1.82. The third kappa shape index (κ3) is 1.13. The number of hydrogen-bond donors (Lipinski definition) is 0. The van der Waals surface area contributed by atoms with E-state index < -0.39 is 0 Å². The largest absolute Gasteiger partial charge is 0.152 e. The molecule has 2 rings (SSSR count). The average molecular weight is 168 g/mol. The van der Waals surface area contributed by atoms with Gasteiger partial charge in [0, 0.05) is 11.0 Å². The van der Waals surface area contributed by atoms with Gasteiger partial charge in [-0.05, 0) is 22.4 Å². The summed E-state index contributed by atoms with van der Waals surface area (Å²) >= 11 is 3.77. The lowest BCUT2D eigenvalue weighted by Crippen LogP contribution is -1.80. The van der Waals surface area contributed by atoms with Crippen molar-refractivity contribution in [1.29, 1.82) is 0 Å². The van der Waals surface area contributed by atoms with Gasteiger partial charge in [0.2, 0.25) is 0 Å². The Morgan fingerprint density at radius 2 is 2.50 bits per heavy atom. The molecular weight excluding hydrogens is 160 g/mol. The van der Waals surface area contributed by atoms with E-state index >= 15 is 0 Å². The minimum absolute atomic E-state index is 0.645. The van der Waals surface area contributed by atoms with Crippen molar-refractivity contribution < 1.29 is 0 Å². The maximum atomic E-state index is 2.28. The molecule has 1 aliphatic heterocycles. The zero-order valence-electron chi connectivity index (χ0n) is 5.49. The van der Waals surface area contributed by atoms with E-state index in [0.717, 1.165) is 0 Å². The molecule has 0 N–H and O–H groups in total. The summed E-state index contributed by atoms with van der Waals surface area (Å²) < 4.78 is 0.